The molecule has 14 N–H and O–H groups in total. The zero-order valence-corrected chi connectivity index (χ0v) is 31.7. The maximum Gasteiger partial charge on any atom is 3.00 e. The second kappa shape index (κ2) is 31.0. The van der Waals surface area contributed by atoms with Crippen molar-refractivity contribution in [2.24, 2.45) is 0 Å². The molecule has 0 amide bonds. The molecule has 0 aliphatic rings. The molecule has 4 aromatic rings. The van der Waals surface area contributed by atoms with Crippen LogP contribution in [0, 0.1) is 30.6 Å². The van der Waals surface area contributed by atoms with Crippen LogP contribution in [0.15, 0.2) is 97.6 Å². The van der Waals surface area contributed by atoms with Crippen molar-refractivity contribution in [3.63, 3.8) is 0 Å². The Hall–Kier alpha value is -4.36. The summed E-state index contributed by atoms with van der Waals surface area (Å²) in [4.78, 5) is 32.7. The number of hydrogen-bond acceptors (Lipinski definition) is 14. The van der Waals surface area contributed by atoms with Crippen molar-refractivity contribution in [1.29, 1.82) is 0 Å². The van der Waals surface area contributed by atoms with E-state index in [0.29, 0.717) is 22.8 Å². The average Bonchev–Trinajstić information content (AvgIpc) is 2.98. The van der Waals surface area contributed by atoms with Crippen molar-refractivity contribution in [1.82, 2.24) is 19.9 Å². The first-order valence-electron chi connectivity index (χ1n) is 13.4. The average molecular weight is 857 g/mol. The summed E-state index contributed by atoms with van der Waals surface area (Å²) >= 11 is 0. The quantitative estimate of drug-likeness (QED) is 0.0702. The van der Waals surface area contributed by atoms with Crippen LogP contribution in [-0.2, 0) is 67.5 Å². The van der Waals surface area contributed by atoms with Gasteiger partial charge in [-0.25, -0.2) is 0 Å². The summed E-state index contributed by atoms with van der Waals surface area (Å²) in [5, 5.41) is 79.9. The molecule has 4 heterocycles. The molecular formula is C30H46Mn2N6O16+2. The molecule has 4 aromatic heterocycles. The number of pyridine rings is 4. The van der Waals surface area contributed by atoms with Crippen LogP contribution in [0.2, 0.25) is 0 Å². The molecule has 0 saturated carbocycles. The Labute approximate surface area is 330 Å². The Kier molecular flexibility index (Phi) is 38.9. The topological polar surface area (TPSA) is 468 Å². The molecule has 0 aromatic carbocycles. The van der Waals surface area contributed by atoms with E-state index in [2.05, 4.69) is 19.9 Å². The smallest absolute Gasteiger partial charge is 0.845 e. The van der Waals surface area contributed by atoms with Gasteiger partial charge in [-0.1, -0.05) is 87.2 Å². The maximum atomic E-state index is 12.6. The van der Waals surface area contributed by atoms with Gasteiger partial charge in [-0.3, -0.25) is 19.9 Å². The Morgan fingerprint density at radius 3 is 0.704 bits per heavy atom. The molecule has 0 aliphatic heterocycles. The Morgan fingerprint density at radius 2 is 0.593 bits per heavy atom. The molecule has 22 nitrogen and oxygen atoms in total. The van der Waals surface area contributed by atoms with E-state index >= 15 is 0 Å². The molecule has 0 unspecified atom stereocenters. The van der Waals surface area contributed by atoms with Gasteiger partial charge in [-0.05, 0) is 48.5 Å². The molecule has 0 bridgehead atoms. The van der Waals surface area contributed by atoms with E-state index in [0.717, 1.165) is 0 Å². The predicted octanol–water partition coefficient (Wildman–Crippen LogP) is -4.19. The van der Waals surface area contributed by atoms with Crippen LogP contribution < -0.4 is 20.4 Å². The van der Waals surface area contributed by atoms with E-state index < -0.39 is 32.6 Å². The van der Waals surface area contributed by atoms with Gasteiger partial charge in [0.2, 0.25) is 0 Å². The summed E-state index contributed by atoms with van der Waals surface area (Å²) in [5.74, 6) is 0. The fraction of sp³-hybridized carbons (Fsp3) is 0.333. The largest absolute Gasteiger partial charge is 3.00 e. The van der Waals surface area contributed by atoms with Crippen molar-refractivity contribution in [2.75, 3.05) is 0 Å². The van der Waals surface area contributed by atoms with Crippen molar-refractivity contribution in [3.8, 4) is 0 Å². The molecule has 304 valence electrons. The summed E-state index contributed by atoms with van der Waals surface area (Å²) in [7, 11) is 0. The van der Waals surface area contributed by atoms with Gasteiger partial charge in [0.05, 0.1) is 10.2 Å². The summed E-state index contributed by atoms with van der Waals surface area (Å²) in [6.45, 7) is 5.98. The first-order chi connectivity index (χ1) is 21.3. The number of aromatic nitrogens is 4. The van der Waals surface area contributed by atoms with Gasteiger partial charge < -0.3 is 83.9 Å². The van der Waals surface area contributed by atoms with Crippen LogP contribution in [0.1, 0.15) is 63.3 Å². The second-order valence-electron chi connectivity index (χ2n) is 10.6. The van der Waals surface area contributed by atoms with Crippen molar-refractivity contribution in [3.05, 3.63) is 151 Å². The predicted molar refractivity (Wildman–Crippen MR) is 181 cm³/mol. The van der Waals surface area contributed by atoms with Gasteiger partial charge in [-0.15, -0.1) is 0 Å². The zero-order valence-electron chi connectivity index (χ0n) is 29.3. The van der Waals surface area contributed by atoms with Crippen LogP contribution in [0.5, 0.6) is 0 Å². The van der Waals surface area contributed by atoms with Crippen LogP contribution in [0.3, 0.4) is 0 Å². The van der Waals surface area contributed by atoms with Crippen molar-refractivity contribution >= 4 is 0 Å². The molecule has 0 spiro atoms. The standard InChI is InChI=1S/2C15H16N2O2.2Mn.2NO3.6H2O/c2*1-14(18,12-7-3-5-9-16-12)11-15(2,19)13-8-4-6-10-17-13;;;2*2-1(3)4;;;;;;/h2*3-10H,11H2,1-2H3;;;;;6*1H2/q2*-2;2*+3;2*-1;;;;;;/p+2/t2*14-,15+;;;;;;;;;;. The molecule has 0 aliphatic carbocycles. The van der Waals surface area contributed by atoms with Gasteiger partial charge in [-0.2, -0.15) is 0 Å². The fourth-order valence-corrected chi connectivity index (χ4v) is 4.35. The Morgan fingerprint density at radius 1 is 0.444 bits per heavy atom. The van der Waals surface area contributed by atoms with Crippen LogP contribution in [-0.4, -0.2) is 52.0 Å². The van der Waals surface area contributed by atoms with Gasteiger partial charge in [0.25, 0.3) is 0 Å². The van der Waals surface area contributed by atoms with Gasteiger partial charge >= 0.3 is 34.1 Å². The molecule has 24 heteroatoms. The van der Waals surface area contributed by atoms with Gasteiger partial charge in [0.15, 0.2) is 0 Å². The van der Waals surface area contributed by atoms with E-state index in [1.54, 1.807) is 97.6 Å². The number of nitrogens with zero attached hydrogens (tertiary/aromatic N) is 6. The first kappa shape index (κ1) is 67.7. The number of rotatable bonds is 8. The van der Waals surface area contributed by atoms with E-state index in [-0.39, 0.29) is 79.8 Å². The van der Waals surface area contributed by atoms with Gasteiger partial charge in [0, 0.05) is 47.6 Å². The molecule has 4 rings (SSSR count). The van der Waals surface area contributed by atoms with Gasteiger partial charge in [0.1, 0.15) is 0 Å². The third-order valence-corrected chi connectivity index (χ3v) is 6.18. The Balaban J connectivity index is -0.0000000968. The molecule has 54 heavy (non-hydrogen) atoms. The minimum absolute atomic E-state index is 0. The van der Waals surface area contributed by atoms with Crippen LogP contribution in [0.25, 0.3) is 0 Å². The number of hydrogen-bond donors (Lipinski definition) is 0. The SMILES string of the molecule is C[C@]([O-])(C[C@@](C)([O-])c1ccccn1)c1ccccn1.C[C@]([O-])(C[C@@](C)([O-])c1ccccn1)c1ccccn1.O.O.O.O.O=[N+]([O-])[O-].O=[N+]([O-])[O-].[Mn+3].[Mn+3].[OH3+].[OH3+]. The van der Waals surface area contributed by atoms with E-state index in [4.69, 9.17) is 30.6 Å². The van der Waals surface area contributed by atoms with Crippen molar-refractivity contribution < 1.29 is 97.6 Å². The fourth-order valence-electron chi connectivity index (χ4n) is 4.35. The Bertz CT molecular complexity index is 1260. The third kappa shape index (κ3) is 25.6. The minimum Gasteiger partial charge on any atom is -0.845 e. The molecular weight excluding hydrogens is 810 g/mol. The third-order valence-electron chi connectivity index (χ3n) is 6.18. The maximum absolute atomic E-state index is 12.6. The van der Waals surface area contributed by atoms with E-state index in [1.165, 1.54) is 27.7 Å². The van der Waals surface area contributed by atoms with Crippen LogP contribution >= 0.6 is 0 Å². The van der Waals surface area contributed by atoms with Crippen LogP contribution in [0.4, 0.5) is 0 Å². The summed E-state index contributed by atoms with van der Waals surface area (Å²) in [6.07, 6.45) is 6.05. The second-order valence-corrected chi connectivity index (χ2v) is 10.6. The van der Waals surface area contributed by atoms with Crippen molar-refractivity contribution in [2.45, 2.75) is 62.9 Å². The molecule has 4 atom stereocenters. The minimum atomic E-state index is -1.75. The molecule has 0 fully saturated rings. The summed E-state index contributed by atoms with van der Waals surface area (Å²) in [5.41, 5.74) is -4.60. The molecule has 0 radical (unpaired) electrons. The normalized spacial score (nSPS) is 13.2. The molecule has 0 saturated heterocycles. The van der Waals surface area contributed by atoms with E-state index in [9.17, 15) is 20.4 Å². The summed E-state index contributed by atoms with van der Waals surface area (Å²) in [6, 6.07) is 20.6. The first-order valence-corrected chi connectivity index (χ1v) is 13.4. The summed E-state index contributed by atoms with van der Waals surface area (Å²) < 4.78 is 0. The van der Waals surface area contributed by atoms with E-state index in [1.807, 2.05) is 0 Å². The zero-order chi connectivity index (χ0) is 35.0. The monoisotopic (exact) mass is 856 g/mol.